The van der Waals surface area contributed by atoms with Gasteiger partial charge in [-0.05, 0) is 167 Å². The molecule has 3 aromatic heterocycles. The number of aromatic amines is 3. The minimum absolute atomic E-state index is 0. The number of phenols is 1. The van der Waals surface area contributed by atoms with Crippen molar-refractivity contribution in [3.8, 4) is 67.9 Å². The van der Waals surface area contributed by atoms with Gasteiger partial charge < -0.3 is 90.1 Å². The molecule has 3 heterocycles. The second-order valence-electron chi connectivity index (χ2n) is 34.5. The fourth-order valence-electron chi connectivity index (χ4n) is 14.6. The molecule has 0 aliphatic heterocycles. The molecular formula is C108H112N6Na2O19P3Pd-. The summed E-state index contributed by atoms with van der Waals surface area (Å²) >= 11 is 0. The summed E-state index contributed by atoms with van der Waals surface area (Å²) < 4.78 is 70.4. The molecule has 3 amide bonds. The van der Waals surface area contributed by atoms with E-state index in [-0.39, 0.29) is 138 Å². The number of ether oxygens (including phenoxy) is 3. The number of H-pyrrole nitrogens is 3. The number of hydrogen-bond acceptors (Lipinski definition) is 19. The molecule has 1 unspecified atom stereocenters. The average molecular weight is 2040 g/mol. The fraction of sp³-hybridized carbons (Fsp3) is 0.213. The molecule has 0 radical (unpaired) electrons. The molecule has 15 aromatic rings. The molecule has 139 heavy (non-hydrogen) atoms. The van der Waals surface area contributed by atoms with Crippen molar-refractivity contribution in [1.29, 1.82) is 0 Å². The number of phosphoric ester groups is 1. The van der Waals surface area contributed by atoms with E-state index in [9.17, 15) is 52.8 Å². The van der Waals surface area contributed by atoms with E-state index in [0.29, 0.717) is 122 Å². The Bertz CT molecular complexity index is 7010. The average Bonchev–Trinajstić information content (AvgIpc) is 0.764. The summed E-state index contributed by atoms with van der Waals surface area (Å²) in [7, 11) is -9.87. The van der Waals surface area contributed by atoms with Crippen LogP contribution in [0, 0.1) is 7.43 Å². The van der Waals surface area contributed by atoms with Gasteiger partial charge in [0, 0.05) is 131 Å². The van der Waals surface area contributed by atoms with Gasteiger partial charge in [0.15, 0.2) is 8.38 Å². The van der Waals surface area contributed by atoms with Gasteiger partial charge in [-0.3, -0.25) is 33.3 Å². The number of phosphoric acid groups is 1. The number of fused-ring (bicyclic) bond motifs is 3. The molecule has 716 valence electrons. The van der Waals surface area contributed by atoms with Gasteiger partial charge in [0.1, 0.15) is 59.0 Å². The summed E-state index contributed by atoms with van der Waals surface area (Å²) in [5.74, 6) is 0.246. The molecule has 15 rings (SSSR count). The zero-order valence-corrected chi connectivity index (χ0v) is 89.1. The number of hydrogen-bond donors (Lipinski definition) is 7. The van der Waals surface area contributed by atoms with Crippen LogP contribution < -0.4 is 124 Å². The van der Waals surface area contributed by atoms with Gasteiger partial charge in [0.05, 0.1) is 56.7 Å². The van der Waals surface area contributed by atoms with Crippen LogP contribution in [0.25, 0.3) is 66.1 Å². The predicted octanol–water partition coefficient (Wildman–Crippen LogP) is 17.6. The van der Waals surface area contributed by atoms with Crippen LogP contribution in [0.2, 0.25) is 0 Å². The third-order valence-electron chi connectivity index (χ3n) is 21.3. The van der Waals surface area contributed by atoms with Gasteiger partial charge in [-0.15, -0.1) is 0 Å². The van der Waals surface area contributed by atoms with Gasteiger partial charge in [0.25, 0.3) is 17.7 Å². The second kappa shape index (κ2) is 51.3. The molecule has 0 saturated carbocycles. The number of phenolic OH excluding ortho intramolecular Hbond substituents is 1. The molecule has 25 nitrogen and oxygen atoms in total. The van der Waals surface area contributed by atoms with Crippen LogP contribution in [-0.4, -0.2) is 70.9 Å². The molecule has 7 N–H and O–H groups in total. The van der Waals surface area contributed by atoms with E-state index >= 15 is 0 Å². The van der Waals surface area contributed by atoms with Crippen LogP contribution in [0.1, 0.15) is 148 Å². The molecule has 0 fully saturated rings. The first-order valence-corrected chi connectivity index (χ1v) is 48.9. The Kier molecular flexibility index (Phi) is 41.8. The van der Waals surface area contributed by atoms with Crippen LogP contribution in [0.4, 0.5) is 17.1 Å². The van der Waals surface area contributed by atoms with Gasteiger partial charge in [-0.1, -0.05) is 226 Å². The van der Waals surface area contributed by atoms with E-state index < -0.39 is 63.2 Å². The third kappa shape index (κ3) is 31.2. The van der Waals surface area contributed by atoms with Crippen LogP contribution in [0.5, 0.6) is 34.5 Å². The first kappa shape index (κ1) is 113. The van der Waals surface area contributed by atoms with Gasteiger partial charge in [-0.25, -0.2) is 4.57 Å². The van der Waals surface area contributed by atoms with Crippen molar-refractivity contribution in [1.82, 2.24) is 15.0 Å². The van der Waals surface area contributed by atoms with Crippen LogP contribution in [-0.2, 0) is 79.2 Å². The number of pyridine rings is 3. The van der Waals surface area contributed by atoms with E-state index in [4.69, 9.17) is 36.8 Å². The van der Waals surface area contributed by atoms with Crippen molar-refractivity contribution < 1.29 is 155 Å². The largest absolute Gasteiger partial charge is 1.00 e. The predicted molar refractivity (Wildman–Crippen MR) is 540 cm³/mol. The van der Waals surface area contributed by atoms with Crippen molar-refractivity contribution in [2.45, 2.75) is 119 Å². The number of nitrogens with one attached hydrogen (secondary N) is 6. The minimum atomic E-state index is -5.42. The number of aromatic nitrogens is 3. The number of carbonyl (C=O) groups excluding carboxylic acids is 3. The van der Waals surface area contributed by atoms with Crippen LogP contribution in [0.3, 0.4) is 0 Å². The summed E-state index contributed by atoms with van der Waals surface area (Å²) in [5.41, 5.74) is 9.27. The number of benzene rings is 12. The van der Waals surface area contributed by atoms with Crippen LogP contribution >= 0.6 is 23.8 Å². The maximum atomic E-state index is 13.7. The van der Waals surface area contributed by atoms with E-state index in [0.717, 1.165) is 33.4 Å². The second-order valence-corrected chi connectivity index (χ2v) is 39.0. The van der Waals surface area contributed by atoms with Crippen molar-refractivity contribution >= 4 is 91.3 Å². The fourth-order valence-corrected chi connectivity index (χ4v) is 16.7. The smallest absolute Gasteiger partial charge is 0.780 e. The molecule has 31 heteroatoms. The normalized spacial score (nSPS) is 11.6. The summed E-state index contributed by atoms with van der Waals surface area (Å²) in [4.78, 5) is 112. The standard InChI is InChI=1S/C36H37N2O6P.C28H29N2O7P.C28H28N2O4.C15H17O2P.CH3.2Na.Pd/c1-6-42-26-16-12-15-25(19-26)28-20-30(36(2,3)4)33(44-45(5,41)43-23-24-13-8-7-9-14-24)21-32(28)38-35(40)29-22-37-31-18-11-10-17-27(31)34(29)39;1-5-36-18-10-8-9-17(13-18)20-14-22(28(2,3)4)25(37-38(33,34)35)15-24(20)30-27(32)21-16-29-23-12-7-6-11-19(23)26(21)31;1-5-34-18-10-8-9-17(13-18)20-14-22(28(2,3)4)25(31)15-24(20)30-27(33)21-16-29-23-12-7-6-11-19(23)26(21)32;1-18(16-12-14-8-4-2-5-9-14)17-13-15-10-6-3-7-11-15;;;;/h7-22H,6,23H2,1-5H3,(H,37,39)(H,38,40);6-16H,5H2,1-4H3,(H,29,31)(H,30,32)(H2,33,34,35);6-16,31H,5H2,1-4H3,(H,29,32)(H,30,33);2-11H,12-13H2,1H3;1H3;;;/q;;;;-1;2*+1;/p-2. The molecule has 12 aromatic carbocycles. The molecule has 1 atom stereocenters. The Hall–Kier alpha value is -11.2. The molecule has 0 bridgehead atoms. The molecule has 0 aliphatic rings. The Labute approximate surface area is 869 Å². The summed E-state index contributed by atoms with van der Waals surface area (Å²) in [6, 6.07) is 82.7. The van der Waals surface area contributed by atoms with Crippen molar-refractivity contribution in [3.05, 3.63) is 380 Å². The first-order chi connectivity index (χ1) is 64.3. The maximum absolute atomic E-state index is 13.7. The summed E-state index contributed by atoms with van der Waals surface area (Å²) in [6.07, 6.45) is 4.15. The Morgan fingerprint density at radius 3 is 1.01 bits per heavy atom. The van der Waals surface area contributed by atoms with Gasteiger partial charge in [-0.2, -0.15) is 0 Å². The number of para-hydroxylation sites is 3. The van der Waals surface area contributed by atoms with Crippen LogP contribution in [0.15, 0.2) is 306 Å². The minimum Gasteiger partial charge on any atom is -0.780 e. The number of amides is 3. The maximum Gasteiger partial charge on any atom is 1.00 e. The zero-order valence-electron chi connectivity index (χ0n) is 80.9. The summed E-state index contributed by atoms with van der Waals surface area (Å²) in [6.45, 7) is 29.5. The van der Waals surface area contributed by atoms with Crippen molar-refractivity contribution in [3.63, 3.8) is 0 Å². The van der Waals surface area contributed by atoms with E-state index in [1.54, 1.807) is 97.1 Å². The number of anilines is 3. The number of rotatable bonds is 28. The topological polar surface area (TPSA) is 360 Å². The SMILES string of the molecule is CCOc1cccc(-c2cc(C(C)(C)C)c(O)cc2NC(=O)c2c[nH]c3ccccc3c2=O)c1.CCOc1cccc(-c2cc(C(C)(C)C)c(OP(=O)([O-])[O-])cc2NC(=O)c2c[nH]c3ccccc3c2=O)c1.CCOc1cccc(-c2cc(C(C)(C)C)c(OP(C)(=O)OCc3ccccc3)cc2NC(=O)c2c[nH]c3ccccc3c2=O)c1.CP(OCc1ccccc1)OCc1ccccc1.[CH3-].[Na+].[Na+].[Pd]. The monoisotopic (exact) mass is 2040 g/mol. The van der Waals surface area contributed by atoms with Gasteiger partial charge >= 0.3 is 66.7 Å². The molecule has 0 aliphatic carbocycles. The number of aromatic hydroxyl groups is 1. The zero-order chi connectivity index (χ0) is 96.9. The third-order valence-corrected chi connectivity index (χ3v) is 23.8. The molecule has 0 spiro atoms. The van der Waals surface area contributed by atoms with Crippen molar-refractivity contribution in [2.24, 2.45) is 0 Å². The quantitative estimate of drug-likeness (QED) is 0.0136. The molecular weight excluding hydrogens is 1930 g/mol. The van der Waals surface area contributed by atoms with E-state index in [2.05, 4.69) is 55.2 Å². The Balaban J connectivity index is 0.000000233. The van der Waals surface area contributed by atoms with E-state index in [1.807, 2.05) is 229 Å². The first-order valence-electron chi connectivity index (χ1n) is 43.8. The molecule has 0 saturated heterocycles. The summed E-state index contributed by atoms with van der Waals surface area (Å²) in [5, 5.41) is 20.4. The van der Waals surface area contributed by atoms with Gasteiger partial charge in [0.2, 0.25) is 16.3 Å². The Morgan fingerprint density at radius 2 is 0.691 bits per heavy atom. The van der Waals surface area contributed by atoms with Crippen molar-refractivity contribution in [2.75, 3.05) is 49.1 Å². The number of carbonyl (C=O) groups is 3. The van der Waals surface area contributed by atoms with E-state index in [1.165, 1.54) is 48.5 Å². The Morgan fingerprint density at radius 1 is 0.396 bits per heavy atom.